The van der Waals surface area contributed by atoms with E-state index in [4.69, 9.17) is 15.0 Å². The average Bonchev–Trinajstić information content (AvgIpc) is 2.87. The third-order valence-corrected chi connectivity index (χ3v) is 6.70. The highest BCUT2D eigenvalue weighted by atomic mass is 32.2. The Morgan fingerprint density at radius 3 is 2.68 bits per heavy atom. The Morgan fingerprint density at radius 2 is 1.97 bits per heavy atom. The van der Waals surface area contributed by atoms with E-state index in [9.17, 15) is 9.59 Å². The van der Waals surface area contributed by atoms with Gasteiger partial charge in [-0.05, 0) is 54.8 Å². The number of carbonyl (C=O) groups excluding carboxylic acids is 2. The fraction of sp³-hybridized carbons (Fsp3) is 0.280. The first-order valence-corrected chi connectivity index (χ1v) is 12.0. The Balaban J connectivity index is 1.61. The molecule has 8 nitrogen and oxygen atoms in total. The normalized spacial score (nSPS) is 17.3. The summed E-state index contributed by atoms with van der Waals surface area (Å²) >= 11 is 1.69. The number of hydrogen-bond donors (Lipinski definition) is 2. The van der Waals surface area contributed by atoms with Crippen LogP contribution < -0.4 is 10.6 Å². The van der Waals surface area contributed by atoms with Gasteiger partial charge in [-0.15, -0.1) is 0 Å². The average molecular weight is 476 g/mol. The minimum absolute atomic E-state index is 0.342. The highest BCUT2D eigenvalue weighted by Gasteiger charge is 2.38. The van der Waals surface area contributed by atoms with Crippen molar-refractivity contribution in [2.24, 2.45) is 4.99 Å². The molecule has 1 unspecified atom stereocenters. The highest BCUT2D eigenvalue weighted by Crippen LogP contribution is 2.41. The molecule has 2 aromatic carbocycles. The zero-order valence-corrected chi connectivity index (χ0v) is 19.8. The third-order valence-electron chi connectivity index (χ3n) is 5.62. The first kappa shape index (κ1) is 23.4. The number of allylic oxidation sites excluding steroid dienone is 1. The molecular formula is C25H25N5O3S. The van der Waals surface area contributed by atoms with E-state index in [2.05, 4.69) is 15.5 Å². The number of nitrogens with one attached hydrogen (secondary N) is 2. The molecule has 2 heterocycles. The predicted octanol–water partition coefficient (Wildman–Crippen LogP) is 4.89. The van der Waals surface area contributed by atoms with E-state index >= 15 is 0 Å². The maximum absolute atomic E-state index is 12.8. The zero-order valence-electron chi connectivity index (χ0n) is 19.0. The van der Waals surface area contributed by atoms with E-state index in [0.717, 1.165) is 35.1 Å². The van der Waals surface area contributed by atoms with Gasteiger partial charge in [0.15, 0.2) is 5.17 Å². The number of thioether (sulfide) groups is 1. The number of nitriles is 1. The van der Waals surface area contributed by atoms with E-state index in [0.29, 0.717) is 28.9 Å². The summed E-state index contributed by atoms with van der Waals surface area (Å²) in [4.78, 5) is 32.3. The van der Waals surface area contributed by atoms with E-state index in [1.165, 1.54) is 7.11 Å². The summed E-state index contributed by atoms with van der Waals surface area (Å²) in [6.45, 7) is 2.76. The van der Waals surface area contributed by atoms with Crippen LogP contribution in [0.15, 0.2) is 64.8 Å². The zero-order chi connectivity index (χ0) is 24.1. The lowest BCUT2D eigenvalue weighted by atomic mass is 9.93. The van der Waals surface area contributed by atoms with Crippen LogP contribution in [-0.4, -0.2) is 41.5 Å². The van der Waals surface area contributed by atoms with Crippen molar-refractivity contribution >= 4 is 40.3 Å². The third kappa shape index (κ3) is 4.92. The highest BCUT2D eigenvalue weighted by molar-refractivity contribution is 8.13. The lowest BCUT2D eigenvalue weighted by Gasteiger charge is -2.40. The minimum atomic E-state index is -0.403. The number of amidine groups is 1. The van der Waals surface area contributed by atoms with Gasteiger partial charge >= 0.3 is 12.0 Å². The molecule has 1 atom stereocenters. The van der Waals surface area contributed by atoms with Crippen LogP contribution in [0.4, 0.5) is 16.2 Å². The summed E-state index contributed by atoms with van der Waals surface area (Å²) in [7, 11) is 1.38. The minimum Gasteiger partial charge on any atom is -0.466 e. The summed E-state index contributed by atoms with van der Waals surface area (Å²) < 4.78 is 5.13. The molecule has 9 heteroatoms. The quantitative estimate of drug-likeness (QED) is 0.597. The largest absolute Gasteiger partial charge is 0.466 e. The SMILES string of the molecule is CCC1=C(C(=O)OC)C(c2cccc(NC(=O)Nc3ccc(C#N)cc3)c2)N2CCCSC2=N1. The molecule has 0 saturated carbocycles. The van der Waals surface area contributed by atoms with Gasteiger partial charge in [0.2, 0.25) is 0 Å². The topological polar surface area (TPSA) is 107 Å². The van der Waals surface area contributed by atoms with Crippen molar-refractivity contribution in [2.45, 2.75) is 25.8 Å². The number of urea groups is 1. The molecule has 4 rings (SSSR count). The summed E-state index contributed by atoms with van der Waals surface area (Å²) in [6, 6.07) is 15.4. The molecule has 174 valence electrons. The number of nitrogens with zero attached hydrogens (tertiary/aromatic N) is 3. The second-order valence-electron chi connectivity index (χ2n) is 7.79. The lowest BCUT2D eigenvalue weighted by molar-refractivity contribution is -0.136. The van der Waals surface area contributed by atoms with Crippen molar-refractivity contribution < 1.29 is 14.3 Å². The Bertz CT molecular complexity index is 1200. The summed E-state index contributed by atoms with van der Waals surface area (Å²) in [6.07, 6.45) is 1.60. The maximum atomic E-state index is 12.8. The fourth-order valence-corrected chi connectivity index (χ4v) is 5.06. The van der Waals surface area contributed by atoms with Gasteiger partial charge in [-0.1, -0.05) is 30.8 Å². The van der Waals surface area contributed by atoms with Crippen LogP contribution in [0.1, 0.15) is 36.9 Å². The van der Waals surface area contributed by atoms with E-state index in [1.807, 2.05) is 31.2 Å². The van der Waals surface area contributed by atoms with Crippen molar-refractivity contribution in [3.05, 3.63) is 70.9 Å². The smallest absolute Gasteiger partial charge is 0.338 e. The predicted molar refractivity (Wildman–Crippen MR) is 134 cm³/mol. The molecular weight excluding hydrogens is 450 g/mol. The van der Waals surface area contributed by atoms with Gasteiger partial charge in [0.1, 0.15) is 0 Å². The molecule has 0 spiro atoms. The molecule has 2 aromatic rings. The number of benzene rings is 2. The van der Waals surface area contributed by atoms with Crippen molar-refractivity contribution in [3.63, 3.8) is 0 Å². The lowest BCUT2D eigenvalue weighted by Crippen LogP contribution is -2.42. The molecule has 0 radical (unpaired) electrons. The van der Waals surface area contributed by atoms with Gasteiger partial charge in [0.25, 0.3) is 0 Å². The Labute approximate surface area is 202 Å². The first-order chi connectivity index (χ1) is 16.5. The van der Waals surface area contributed by atoms with Crippen LogP contribution >= 0.6 is 11.8 Å². The first-order valence-electron chi connectivity index (χ1n) is 11.0. The Morgan fingerprint density at radius 1 is 1.21 bits per heavy atom. The van der Waals surface area contributed by atoms with Crippen molar-refractivity contribution in [2.75, 3.05) is 30.0 Å². The number of carbonyl (C=O) groups is 2. The monoisotopic (exact) mass is 475 g/mol. The number of esters is 1. The second-order valence-corrected chi connectivity index (χ2v) is 8.85. The Kier molecular flexibility index (Phi) is 7.18. The molecule has 2 aliphatic rings. The number of methoxy groups -OCH3 is 1. The van der Waals surface area contributed by atoms with Gasteiger partial charge in [0, 0.05) is 23.7 Å². The van der Waals surface area contributed by atoms with Gasteiger partial charge in [-0.2, -0.15) is 5.26 Å². The fourth-order valence-electron chi connectivity index (χ4n) is 4.07. The summed E-state index contributed by atoms with van der Waals surface area (Å²) in [5, 5.41) is 15.4. The number of hydrogen-bond acceptors (Lipinski definition) is 7. The molecule has 0 aromatic heterocycles. The van der Waals surface area contributed by atoms with Crippen LogP contribution in [0.25, 0.3) is 0 Å². The van der Waals surface area contributed by atoms with Gasteiger partial charge in [-0.25, -0.2) is 14.6 Å². The number of fused-ring (bicyclic) bond motifs is 1. The molecule has 1 saturated heterocycles. The number of amides is 2. The van der Waals surface area contributed by atoms with Crippen LogP contribution in [0, 0.1) is 11.3 Å². The van der Waals surface area contributed by atoms with Crippen molar-refractivity contribution in [3.8, 4) is 6.07 Å². The van der Waals surface area contributed by atoms with Gasteiger partial charge < -0.3 is 20.3 Å². The van der Waals surface area contributed by atoms with E-state index in [1.54, 1.807) is 42.1 Å². The number of rotatable bonds is 5. The Hall–Kier alpha value is -3.77. The molecule has 0 bridgehead atoms. The molecule has 34 heavy (non-hydrogen) atoms. The van der Waals surface area contributed by atoms with Crippen molar-refractivity contribution in [1.29, 1.82) is 5.26 Å². The number of anilines is 2. The van der Waals surface area contributed by atoms with Crippen LogP contribution in [0.5, 0.6) is 0 Å². The number of aliphatic imine (C=N–C) groups is 1. The van der Waals surface area contributed by atoms with Crippen LogP contribution in [-0.2, 0) is 9.53 Å². The number of ether oxygens (including phenoxy) is 1. The van der Waals surface area contributed by atoms with Crippen LogP contribution in [0.2, 0.25) is 0 Å². The molecule has 2 amide bonds. The van der Waals surface area contributed by atoms with E-state index in [-0.39, 0.29) is 6.04 Å². The van der Waals surface area contributed by atoms with Crippen molar-refractivity contribution in [1.82, 2.24) is 4.90 Å². The van der Waals surface area contributed by atoms with Crippen LogP contribution in [0.3, 0.4) is 0 Å². The summed E-state index contributed by atoms with van der Waals surface area (Å²) in [5.41, 5.74) is 3.84. The summed E-state index contributed by atoms with van der Waals surface area (Å²) in [5.74, 6) is 0.598. The van der Waals surface area contributed by atoms with Gasteiger partial charge in [-0.3, -0.25) is 0 Å². The molecule has 0 aliphatic carbocycles. The van der Waals surface area contributed by atoms with Gasteiger partial charge in [0.05, 0.1) is 36.1 Å². The van der Waals surface area contributed by atoms with E-state index < -0.39 is 12.0 Å². The molecule has 1 fully saturated rings. The standard InChI is InChI=1S/C25H25N5O3S/c1-3-20-21(23(31)33-2)22(30-12-5-13-34-25(30)29-20)17-6-4-7-19(14-17)28-24(32)27-18-10-8-16(15-26)9-11-18/h4,6-11,14,22H,3,5,12-13H2,1-2H3,(H2,27,28,32). The molecule has 2 aliphatic heterocycles. The molecule has 2 N–H and O–H groups in total. The second kappa shape index (κ2) is 10.4. The maximum Gasteiger partial charge on any atom is 0.338 e.